The Morgan fingerprint density at radius 1 is 1.20 bits per heavy atom. The average Bonchev–Trinajstić information content (AvgIpc) is 3.35. The summed E-state index contributed by atoms with van der Waals surface area (Å²) in [5, 5.41) is 7.33. The van der Waals surface area contributed by atoms with Crippen molar-refractivity contribution in [2.45, 2.75) is 43.2 Å². The minimum Gasteiger partial charge on any atom is -0.357 e. The lowest BCUT2D eigenvalue weighted by molar-refractivity contribution is -0.128. The first kappa shape index (κ1) is 19.3. The molecule has 2 atom stereocenters. The Kier molecular flexibility index (Phi) is 4.14. The lowest BCUT2D eigenvalue weighted by atomic mass is 9.80. The van der Waals surface area contributed by atoms with Crippen LogP contribution >= 0.6 is 0 Å². The number of pyridine rings is 1. The van der Waals surface area contributed by atoms with E-state index < -0.39 is 15.4 Å². The van der Waals surface area contributed by atoms with E-state index in [9.17, 15) is 18.0 Å². The van der Waals surface area contributed by atoms with Crippen molar-refractivity contribution in [3.8, 4) is 0 Å². The SMILES string of the molecule is Cn1cc(C2C=C(S(C)(=O)=O)C=C3NC(=O)C4(CCCC4)NC32)c2cc[nH]c2c1=O. The molecule has 1 spiro atoms. The molecular formula is C21H24N4O4S. The summed E-state index contributed by atoms with van der Waals surface area (Å²) in [4.78, 5) is 28.6. The molecule has 0 aromatic carbocycles. The molecule has 3 N–H and O–H groups in total. The largest absolute Gasteiger partial charge is 0.357 e. The monoisotopic (exact) mass is 428 g/mol. The molecule has 1 saturated carbocycles. The Morgan fingerprint density at radius 3 is 2.63 bits per heavy atom. The number of aromatic nitrogens is 2. The topological polar surface area (TPSA) is 113 Å². The molecule has 2 unspecified atom stereocenters. The molecule has 0 radical (unpaired) electrons. The van der Waals surface area contributed by atoms with Crippen LogP contribution in [0.4, 0.5) is 0 Å². The molecule has 2 aliphatic carbocycles. The van der Waals surface area contributed by atoms with Gasteiger partial charge >= 0.3 is 0 Å². The van der Waals surface area contributed by atoms with Crippen molar-refractivity contribution < 1.29 is 13.2 Å². The number of aromatic amines is 1. The highest BCUT2D eigenvalue weighted by Gasteiger charge is 2.49. The standard InChI is InChI=1S/C21H24N4O4S/c1-25-11-15(13-5-8-22-18(13)19(25)26)14-9-12(30(2,28)29)10-16-17(14)24-21(20(27)23-16)6-3-4-7-21/h5,8-11,14,17,22,24H,3-4,6-7H2,1-2H3,(H,23,27). The van der Waals surface area contributed by atoms with E-state index >= 15 is 0 Å². The number of carbonyl (C=O) groups is 1. The summed E-state index contributed by atoms with van der Waals surface area (Å²) in [5.74, 6) is -0.457. The van der Waals surface area contributed by atoms with Crippen LogP contribution < -0.4 is 16.2 Å². The van der Waals surface area contributed by atoms with Crippen molar-refractivity contribution in [1.82, 2.24) is 20.2 Å². The number of fused-ring (bicyclic) bond motifs is 2. The van der Waals surface area contributed by atoms with Gasteiger partial charge in [-0.05, 0) is 30.5 Å². The second-order valence-corrected chi connectivity index (χ2v) is 10.6. The van der Waals surface area contributed by atoms with E-state index in [1.165, 1.54) is 4.57 Å². The number of nitrogens with zero attached hydrogens (tertiary/aromatic N) is 1. The highest BCUT2D eigenvalue weighted by molar-refractivity contribution is 7.94. The van der Waals surface area contributed by atoms with Gasteiger partial charge in [-0.25, -0.2) is 8.42 Å². The number of sulfone groups is 1. The fourth-order valence-electron chi connectivity index (χ4n) is 5.07. The molecule has 9 heteroatoms. The van der Waals surface area contributed by atoms with Gasteiger partial charge in [0.1, 0.15) is 5.52 Å². The average molecular weight is 429 g/mol. The van der Waals surface area contributed by atoms with Crippen molar-refractivity contribution in [3.63, 3.8) is 0 Å². The Hall–Kier alpha value is -2.65. The summed E-state index contributed by atoms with van der Waals surface area (Å²) < 4.78 is 26.3. The first-order valence-corrected chi connectivity index (χ1v) is 12.0. The van der Waals surface area contributed by atoms with E-state index in [1.807, 2.05) is 6.07 Å². The second kappa shape index (κ2) is 6.42. The third-order valence-electron chi connectivity index (χ3n) is 6.63. The fourth-order valence-corrected chi connectivity index (χ4v) is 5.80. The maximum absolute atomic E-state index is 12.9. The van der Waals surface area contributed by atoms with Gasteiger partial charge in [-0.15, -0.1) is 0 Å². The molecule has 158 valence electrons. The van der Waals surface area contributed by atoms with Crippen LogP contribution in [0.5, 0.6) is 0 Å². The van der Waals surface area contributed by atoms with Gasteiger partial charge in [0.2, 0.25) is 5.91 Å². The van der Waals surface area contributed by atoms with Gasteiger partial charge in [0.15, 0.2) is 9.84 Å². The van der Waals surface area contributed by atoms with Crippen molar-refractivity contribution in [2.75, 3.05) is 6.26 Å². The van der Waals surface area contributed by atoms with E-state index in [2.05, 4.69) is 15.6 Å². The van der Waals surface area contributed by atoms with Gasteiger partial charge in [-0.3, -0.25) is 14.9 Å². The van der Waals surface area contributed by atoms with Crippen molar-refractivity contribution in [1.29, 1.82) is 0 Å². The van der Waals surface area contributed by atoms with Crippen LogP contribution in [0, 0.1) is 0 Å². The maximum atomic E-state index is 12.9. The van der Waals surface area contributed by atoms with Crippen LogP contribution in [0.2, 0.25) is 0 Å². The molecule has 2 aromatic heterocycles. The number of hydrogen-bond donors (Lipinski definition) is 3. The summed E-state index contributed by atoms with van der Waals surface area (Å²) in [6.45, 7) is 0. The molecule has 0 bridgehead atoms. The number of hydrogen-bond acceptors (Lipinski definition) is 5. The zero-order valence-corrected chi connectivity index (χ0v) is 17.7. The summed E-state index contributed by atoms with van der Waals surface area (Å²) in [6, 6.07) is 1.55. The minimum atomic E-state index is -3.49. The van der Waals surface area contributed by atoms with Gasteiger partial charge in [0.25, 0.3) is 5.56 Å². The van der Waals surface area contributed by atoms with E-state index in [0.29, 0.717) is 11.2 Å². The second-order valence-electron chi connectivity index (χ2n) is 8.60. The Labute approximate surface area is 174 Å². The summed E-state index contributed by atoms with van der Waals surface area (Å²) >= 11 is 0. The number of carbonyl (C=O) groups excluding carboxylic acids is 1. The van der Waals surface area contributed by atoms with E-state index in [1.54, 1.807) is 31.6 Å². The first-order valence-electron chi connectivity index (χ1n) is 10.1. The van der Waals surface area contributed by atoms with Crippen LogP contribution in [0.3, 0.4) is 0 Å². The summed E-state index contributed by atoms with van der Waals surface area (Å²) in [6.07, 6.45) is 11.4. The molecule has 2 aromatic rings. The van der Waals surface area contributed by atoms with Gasteiger partial charge in [-0.1, -0.05) is 18.9 Å². The molecule has 30 heavy (non-hydrogen) atoms. The quantitative estimate of drug-likeness (QED) is 0.665. The van der Waals surface area contributed by atoms with E-state index in [0.717, 1.165) is 42.9 Å². The number of piperazine rings is 1. The molecule has 3 heterocycles. The van der Waals surface area contributed by atoms with E-state index in [4.69, 9.17) is 0 Å². The van der Waals surface area contributed by atoms with Crippen LogP contribution in [0.15, 0.2) is 46.0 Å². The molecule has 3 aliphatic rings. The van der Waals surface area contributed by atoms with Crippen molar-refractivity contribution >= 4 is 26.6 Å². The maximum Gasteiger partial charge on any atom is 0.274 e. The Balaban J connectivity index is 1.71. The van der Waals surface area contributed by atoms with Crippen molar-refractivity contribution in [2.24, 2.45) is 7.05 Å². The number of amides is 1. The van der Waals surface area contributed by atoms with Gasteiger partial charge in [0, 0.05) is 42.7 Å². The predicted molar refractivity (Wildman–Crippen MR) is 114 cm³/mol. The normalized spacial score (nSPS) is 25.7. The first-order chi connectivity index (χ1) is 14.2. The van der Waals surface area contributed by atoms with Crippen LogP contribution in [0.1, 0.15) is 37.2 Å². The summed E-state index contributed by atoms with van der Waals surface area (Å²) in [7, 11) is -1.81. The van der Waals surface area contributed by atoms with Gasteiger partial charge in [0.05, 0.1) is 16.5 Å². The molecule has 8 nitrogen and oxygen atoms in total. The molecule has 2 fully saturated rings. The Morgan fingerprint density at radius 2 is 1.93 bits per heavy atom. The third-order valence-corrected chi connectivity index (χ3v) is 7.74. The number of nitrogens with one attached hydrogen (secondary N) is 3. The third kappa shape index (κ3) is 2.79. The molecular weight excluding hydrogens is 404 g/mol. The van der Waals surface area contributed by atoms with Crippen LogP contribution in [-0.4, -0.2) is 41.7 Å². The zero-order valence-electron chi connectivity index (χ0n) is 16.9. The number of rotatable bonds is 2. The highest BCUT2D eigenvalue weighted by Crippen LogP contribution is 2.41. The molecule has 1 saturated heterocycles. The Bertz CT molecular complexity index is 1290. The minimum absolute atomic E-state index is 0.0942. The predicted octanol–water partition coefficient (Wildman–Crippen LogP) is 1.18. The number of aryl methyl sites for hydroxylation is 1. The van der Waals surface area contributed by atoms with Gasteiger partial charge in [-0.2, -0.15) is 0 Å². The smallest absolute Gasteiger partial charge is 0.274 e. The van der Waals surface area contributed by atoms with Crippen LogP contribution in [0.25, 0.3) is 10.9 Å². The summed E-state index contributed by atoms with van der Waals surface area (Å²) in [5.41, 5.74) is 1.10. The fraction of sp³-hybridized carbons (Fsp3) is 0.429. The van der Waals surface area contributed by atoms with Crippen LogP contribution in [-0.2, 0) is 21.7 Å². The highest BCUT2D eigenvalue weighted by atomic mass is 32.2. The zero-order chi connectivity index (χ0) is 21.3. The van der Waals surface area contributed by atoms with Crippen molar-refractivity contribution in [3.05, 3.63) is 57.1 Å². The lowest BCUT2D eigenvalue weighted by Crippen LogP contribution is -2.66. The number of allylic oxidation sites excluding steroid dienone is 1. The van der Waals surface area contributed by atoms with Gasteiger partial charge < -0.3 is 14.9 Å². The lowest BCUT2D eigenvalue weighted by Gasteiger charge is -2.44. The van der Waals surface area contributed by atoms with E-state index in [-0.39, 0.29) is 28.3 Å². The number of H-pyrrole nitrogens is 1. The molecule has 5 rings (SSSR count). The molecule has 1 aliphatic heterocycles. The molecule has 1 amide bonds.